The first-order valence-electron chi connectivity index (χ1n) is 5.91. The van der Waals surface area contributed by atoms with Crippen LogP contribution in [0.3, 0.4) is 0 Å². The number of alkyl halides is 2. The third-order valence-corrected chi connectivity index (χ3v) is 2.47. The monoisotopic (exact) mass is 297 g/mol. The van der Waals surface area contributed by atoms with Gasteiger partial charge in [-0.15, -0.1) is 12.3 Å². The highest BCUT2D eigenvalue weighted by molar-refractivity contribution is 5.85. The summed E-state index contributed by atoms with van der Waals surface area (Å²) in [6.45, 7) is -2.92. The van der Waals surface area contributed by atoms with Crippen molar-refractivity contribution < 1.29 is 28.2 Å². The SMILES string of the molecule is C#CCC(NC(=O)Cc1ccc(OC(F)F)cc1)C(=O)O. The van der Waals surface area contributed by atoms with Gasteiger partial charge in [0.15, 0.2) is 0 Å². The zero-order valence-electron chi connectivity index (χ0n) is 10.9. The molecular formula is C14H13F2NO4. The van der Waals surface area contributed by atoms with E-state index in [4.69, 9.17) is 11.5 Å². The van der Waals surface area contributed by atoms with Crippen LogP contribution in [0.15, 0.2) is 24.3 Å². The van der Waals surface area contributed by atoms with Gasteiger partial charge in [-0.2, -0.15) is 8.78 Å². The van der Waals surface area contributed by atoms with E-state index in [-0.39, 0.29) is 18.6 Å². The average Bonchev–Trinajstić information content (AvgIpc) is 2.40. The van der Waals surface area contributed by atoms with Gasteiger partial charge >= 0.3 is 12.6 Å². The Morgan fingerprint density at radius 1 is 1.33 bits per heavy atom. The Labute approximate surface area is 119 Å². The third kappa shape index (κ3) is 5.91. The molecule has 0 aliphatic heterocycles. The van der Waals surface area contributed by atoms with Crippen molar-refractivity contribution in [2.75, 3.05) is 0 Å². The summed E-state index contributed by atoms with van der Waals surface area (Å²) < 4.78 is 28.1. The third-order valence-electron chi connectivity index (χ3n) is 2.47. The second-order valence-electron chi connectivity index (χ2n) is 4.07. The first kappa shape index (κ1) is 16.4. The molecule has 5 nitrogen and oxygen atoms in total. The van der Waals surface area contributed by atoms with Gasteiger partial charge in [-0.1, -0.05) is 12.1 Å². The summed E-state index contributed by atoms with van der Waals surface area (Å²) >= 11 is 0. The van der Waals surface area contributed by atoms with Gasteiger partial charge in [0.05, 0.1) is 6.42 Å². The molecule has 0 saturated carbocycles. The van der Waals surface area contributed by atoms with E-state index in [1.165, 1.54) is 24.3 Å². The van der Waals surface area contributed by atoms with E-state index >= 15 is 0 Å². The highest BCUT2D eigenvalue weighted by Crippen LogP contribution is 2.15. The quantitative estimate of drug-likeness (QED) is 0.746. The van der Waals surface area contributed by atoms with Crippen LogP contribution in [0, 0.1) is 12.3 Å². The van der Waals surface area contributed by atoms with Gasteiger partial charge in [0, 0.05) is 6.42 Å². The molecule has 7 heteroatoms. The Morgan fingerprint density at radius 2 is 1.95 bits per heavy atom. The molecule has 1 atom stereocenters. The summed E-state index contributed by atoms with van der Waals surface area (Å²) in [5.74, 6) is 0.390. The van der Waals surface area contributed by atoms with Gasteiger partial charge in [-0.3, -0.25) is 4.79 Å². The summed E-state index contributed by atoms with van der Waals surface area (Å²) in [6.07, 6.45) is 4.80. The van der Waals surface area contributed by atoms with Crippen LogP contribution in [-0.4, -0.2) is 29.6 Å². The zero-order valence-corrected chi connectivity index (χ0v) is 10.9. The Kier molecular flexibility index (Phi) is 6.14. The van der Waals surface area contributed by atoms with Crippen molar-refractivity contribution >= 4 is 11.9 Å². The maximum atomic E-state index is 12.0. The number of ether oxygens (including phenoxy) is 1. The zero-order chi connectivity index (χ0) is 15.8. The largest absolute Gasteiger partial charge is 0.480 e. The number of benzene rings is 1. The Balaban J connectivity index is 2.58. The molecule has 0 saturated heterocycles. The van der Waals surface area contributed by atoms with Crippen LogP contribution >= 0.6 is 0 Å². The molecule has 2 N–H and O–H groups in total. The summed E-state index contributed by atoms with van der Waals surface area (Å²) in [7, 11) is 0. The van der Waals surface area contributed by atoms with Crippen molar-refractivity contribution in [3.8, 4) is 18.1 Å². The van der Waals surface area contributed by atoms with Gasteiger partial charge in [-0.25, -0.2) is 4.79 Å². The molecule has 1 aromatic rings. The summed E-state index contributed by atoms with van der Waals surface area (Å²) in [5.41, 5.74) is 0.527. The van der Waals surface area contributed by atoms with Gasteiger partial charge in [-0.05, 0) is 17.7 Å². The molecule has 1 aromatic carbocycles. The number of rotatable bonds is 7. The number of terminal acetylenes is 1. The van der Waals surface area contributed by atoms with Crippen LogP contribution < -0.4 is 10.1 Å². The predicted octanol–water partition coefficient (Wildman–Crippen LogP) is 1.42. The molecule has 1 amide bonds. The van der Waals surface area contributed by atoms with E-state index in [1.54, 1.807) is 0 Å². The molecule has 0 aromatic heterocycles. The lowest BCUT2D eigenvalue weighted by Crippen LogP contribution is -2.41. The topological polar surface area (TPSA) is 75.6 Å². The van der Waals surface area contributed by atoms with Crippen LogP contribution in [0.1, 0.15) is 12.0 Å². The van der Waals surface area contributed by atoms with Crippen molar-refractivity contribution in [3.63, 3.8) is 0 Å². The fraction of sp³-hybridized carbons (Fsp3) is 0.286. The average molecular weight is 297 g/mol. The predicted molar refractivity (Wildman–Crippen MR) is 69.8 cm³/mol. The standard InChI is InChI=1S/C14H13F2NO4/c1-2-3-11(13(19)20)17-12(18)8-9-4-6-10(7-5-9)21-14(15)16/h1,4-7,11,14H,3,8H2,(H,17,18)(H,19,20). The number of hydrogen-bond acceptors (Lipinski definition) is 3. The number of carbonyl (C=O) groups is 2. The highest BCUT2D eigenvalue weighted by Gasteiger charge is 2.18. The molecule has 0 spiro atoms. The molecule has 0 aliphatic rings. The first-order valence-corrected chi connectivity index (χ1v) is 5.91. The van der Waals surface area contributed by atoms with Gasteiger partial charge in [0.2, 0.25) is 5.91 Å². The minimum atomic E-state index is -2.92. The molecule has 0 heterocycles. The number of halogens is 2. The van der Waals surface area contributed by atoms with Crippen LogP contribution in [0.4, 0.5) is 8.78 Å². The molecule has 1 unspecified atom stereocenters. The van der Waals surface area contributed by atoms with Crippen molar-refractivity contribution in [2.24, 2.45) is 0 Å². The summed E-state index contributed by atoms with van der Waals surface area (Å²) in [5, 5.41) is 11.1. The smallest absolute Gasteiger partial charge is 0.387 e. The van der Waals surface area contributed by atoms with Gasteiger partial charge in [0.1, 0.15) is 11.8 Å². The molecular weight excluding hydrogens is 284 g/mol. The van der Waals surface area contributed by atoms with Crippen LogP contribution in [0.25, 0.3) is 0 Å². The van der Waals surface area contributed by atoms with E-state index in [0.717, 1.165) is 0 Å². The lowest BCUT2D eigenvalue weighted by molar-refractivity contribution is -0.141. The Morgan fingerprint density at radius 3 is 2.43 bits per heavy atom. The number of carboxylic acids is 1. The van der Waals surface area contributed by atoms with Crippen LogP contribution in [0.2, 0.25) is 0 Å². The maximum Gasteiger partial charge on any atom is 0.387 e. The van der Waals surface area contributed by atoms with Crippen molar-refractivity contribution in [1.29, 1.82) is 0 Å². The molecule has 0 aliphatic carbocycles. The molecule has 0 radical (unpaired) electrons. The number of hydrogen-bond donors (Lipinski definition) is 2. The normalized spacial score (nSPS) is 11.5. The Hall–Kier alpha value is -2.62. The molecule has 1 rings (SSSR count). The van der Waals surface area contributed by atoms with E-state index in [0.29, 0.717) is 5.56 Å². The molecule has 112 valence electrons. The van der Waals surface area contributed by atoms with E-state index in [9.17, 15) is 18.4 Å². The second-order valence-corrected chi connectivity index (χ2v) is 4.07. The fourth-order valence-electron chi connectivity index (χ4n) is 1.54. The molecule has 21 heavy (non-hydrogen) atoms. The second kappa shape index (κ2) is 7.85. The maximum absolute atomic E-state index is 12.0. The van der Waals surface area contributed by atoms with Gasteiger partial charge in [0.25, 0.3) is 0 Å². The van der Waals surface area contributed by atoms with Crippen LogP contribution in [-0.2, 0) is 16.0 Å². The van der Waals surface area contributed by atoms with E-state index in [2.05, 4.69) is 16.0 Å². The number of carbonyl (C=O) groups excluding carboxylic acids is 1. The lowest BCUT2D eigenvalue weighted by Gasteiger charge is -2.12. The lowest BCUT2D eigenvalue weighted by atomic mass is 10.1. The molecule has 0 fully saturated rings. The number of amides is 1. The van der Waals surface area contributed by atoms with E-state index in [1.807, 2.05) is 0 Å². The number of carboxylic acid groups (broad SMARTS) is 1. The number of nitrogens with one attached hydrogen (secondary N) is 1. The molecule has 0 bridgehead atoms. The Bertz CT molecular complexity index is 537. The number of aliphatic carboxylic acids is 1. The van der Waals surface area contributed by atoms with E-state index < -0.39 is 24.5 Å². The highest BCUT2D eigenvalue weighted by atomic mass is 19.3. The van der Waals surface area contributed by atoms with Crippen LogP contribution in [0.5, 0.6) is 5.75 Å². The van der Waals surface area contributed by atoms with Gasteiger partial charge < -0.3 is 15.2 Å². The minimum absolute atomic E-state index is 0.0232. The van der Waals surface area contributed by atoms with Crippen molar-refractivity contribution in [2.45, 2.75) is 25.5 Å². The summed E-state index contributed by atoms with van der Waals surface area (Å²) in [6, 6.07) is 4.32. The minimum Gasteiger partial charge on any atom is -0.480 e. The summed E-state index contributed by atoms with van der Waals surface area (Å²) in [4.78, 5) is 22.5. The fourth-order valence-corrected chi connectivity index (χ4v) is 1.54. The van der Waals surface area contributed by atoms with Crippen molar-refractivity contribution in [3.05, 3.63) is 29.8 Å². The first-order chi connectivity index (χ1) is 9.92. The van der Waals surface area contributed by atoms with Crippen molar-refractivity contribution in [1.82, 2.24) is 5.32 Å².